The van der Waals surface area contributed by atoms with Gasteiger partial charge in [-0.25, -0.2) is 9.18 Å². The number of hydrogen-bond acceptors (Lipinski definition) is 3. The summed E-state index contributed by atoms with van der Waals surface area (Å²) in [5, 5.41) is 14.7. The van der Waals surface area contributed by atoms with Gasteiger partial charge in [0.05, 0.1) is 5.69 Å². The van der Waals surface area contributed by atoms with Gasteiger partial charge in [0.1, 0.15) is 5.82 Å². The number of halogens is 1. The van der Waals surface area contributed by atoms with E-state index in [9.17, 15) is 9.18 Å². The quantitative estimate of drug-likeness (QED) is 0.531. The highest BCUT2D eigenvalue weighted by Gasteiger charge is 2.19. The van der Waals surface area contributed by atoms with Crippen LogP contribution in [0.4, 0.5) is 14.9 Å². The summed E-state index contributed by atoms with van der Waals surface area (Å²) in [5.74, 6) is -0.109. The second-order valence-electron chi connectivity index (χ2n) is 5.80. The molecule has 23 heavy (non-hydrogen) atoms. The van der Waals surface area contributed by atoms with Crippen LogP contribution in [0.15, 0.2) is 36.4 Å². The van der Waals surface area contributed by atoms with Crippen molar-refractivity contribution in [3.8, 4) is 0 Å². The van der Waals surface area contributed by atoms with E-state index < -0.39 is 0 Å². The summed E-state index contributed by atoms with van der Waals surface area (Å²) in [4.78, 5) is 13.6. The molecule has 1 aromatic carbocycles. The van der Waals surface area contributed by atoms with E-state index in [-0.39, 0.29) is 30.4 Å². The van der Waals surface area contributed by atoms with Crippen molar-refractivity contribution >= 4 is 11.7 Å². The Balaban J connectivity index is 1.63. The van der Waals surface area contributed by atoms with Gasteiger partial charge in [0, 0.05) is 38.7 Å². The summed E-state index contributed by atoms with van der Waals surface area (Å²) in [6.07, 6.45) is 5.29. The number of amides is 2. The summed E-state index contributed by atoms with van der Waals surface area (Å²) in [6, 6.07) is 6.40. The molecule has 0 saturated heterocycles. The lowest BCUT2D eigenvalue weighted by atomic mass is 10.1. The van der Waals surface area contributed by atoms with E-state index in [1.165, 1.54) is 6.07 Å². The molecule has 1 aliphatic rings. The number of nitrogens with one attached hydrogen (secondary N) is 2. The maximum Gasteiger partial charge on any atom is 0.315 e. The first-order chi connectivity index (χ1) is 11.1. The van der Waals surface area contributed by atoms with Crippen molar-refractivity contribution in [2.75, 3.05) is 31.6 Å². The van der Waals surface area contributed by atoms with Crippen LogP contribution >= 0.6 is 0 Å². The van der Waals surface area contributed by atoms with Gasteiger partial charge in [-0.1, -0.05) is 24.3 Å². The molecule has 0 aromatic heterocycles. The average molecular weight is 321 g/mol. The Morgan fingerprint density at radius 2 is 2.17 bits per heavy atom. The van der Waals surface area contributed by atoms with Crippen molar-refractivity contribution < 1.29 is 14.3 Å². The Morgan fingerprint density at radius 3 is 2.87 bits per heavy atom. The number of carbonyl (C=O) groups is 1. The molecule has 6 heteroatoms. The van der Waals surface area contributed by atoms with E-state index >= 15 is 0 Å². The number of anilines is 1. The van der Waals surface area contributed by atoms with Crippen molar-refractivity contribution in [3.05, 3.63) is 42.2 Å². The van der Waals surface area contributed by atoms with Gasteiger partial charge in [-0.3, -0.25) is 0 Å². The summed E-state index contributed by atoms with van der Waals surface area (Å²) in [5.41, 5.74) is 0.558. The number of hydrogen-bond donors (Lipinski definition) is 3. The molecule has 1 aromatic rings. The van der Waals surface area contributed by atoms with Crippen molar-refractivity contribution in [2.45, 2.75) is 18.9 Å². The summed E-state index contributed by atoms with van der Waals surface area (Å²) < 4.78 is 13.6. The Hall–Kier alpha value is -2.08. The molecule has 0 fully saturated rings. The number of rotatable bonds is 7. The molecular formula is C17H24FN3O2. The van der Waals surface area contributed by atoms with Crippen LogP contribution in [0.5, 0.6) is 0 Å². The van der Waals surface area contributed by atoms with Gasteiger partial charge < -0.3 is 20.6 Å². The van der Waals surface area contributed by atoms with Crippen LogP contribution in [0, 0.1) is 11.7 Å². The van der Waals surface area contributed by atoms with Crippen LogP contribution in [0.1, 0.15) is 12.8 Å². The van der Waals surface area contributed by atoms with Gasteiger partial charge >= 0.3 is 6.03 Å². The first-order valence-corrected chi connectivity index (χ1v) is 7.89. The summed E-state index contributed by atoms with van der Waals surface area (Å²) in [7, 11) is 1.83. The second-order valence-corrected chi connectivity index (χ2v) is 5.80. The average Bonchev–Trinajstić information content (AvgIpc) is 2.99. The molecule has 0 radical (unpaired) electrons. The fraction of sp³-hybridized carbons (Fsp3) is 0.471. The molecule has 1 aliphatic carbocycles. The zero-order valence-electron chi connectivity index (χ0n) is 13.3. The van der Waals surface area contributed by atoms with E-state index in [4.69, 9.17) is 5.11 Å². The zero-order valence-corrected chi connectivity index (χ0v) is 13.3. The topological polar surface area (TPSA) is 64.6 Å². The summed E-state index contributed by atoms with van der Waals surface area (Å²) >= 11 is 0. The number of aliphatic hydroxyl groups excluding tert-OH is 1. The molecule has 2 amide bonds. The van der Waals surface area contributed by atoms with E-state index in [1.807, 2.05) is 24.1 Å². The van der Waals surface area contributed by atoms with Crippen molar-refractivity contribution in [2.24, 2.45) is 5.92 Å². The first-order valence-electron chi connectivity index (χ1n) is 7.89. The number of para-hydroxylation sites is 1. The van der Waals surface area contributed by atoms with Gasteiger partial charge in [0.2, 0.25) is 0 Å². The van der Waals surface area contributed by atoms with Gasteiger partial charge in [-0.05, 0) is 25.0 Å². The van der Waals surface area contributed by atoms with Crippen LogP contribution in [0.25, 0.3) is 0 Å². The van der Waals surface area contributed by atoms with Gasteiger partial charge in [0.15, 0.2) is 0 Å². The molecule has 126 valence electrons. The third kappa shape index (κ3) is 5.25. The number of aliphatic hydroxyl groups is 1. The minimum Gasteiger partial charge on any atom is -0.396 e. The number of carbonyl (C=O) groups excluding carboxylic acids is 1. The molecular weight excluding hydrogens is 297 g/mol. The van der Waals surface area contributed by atoms with Gasteiger partial charge in [0.25, 0.3) is 0 Å². The molecule has 3 N–H and O–H groups in total. The second kappa shape index (κ2) is 8.53. The maximum absolute atomic E-state index is 13.6. The fourth-order valence-corrected chi connectivity index (χ4v) is 2.64. The number of urea groups is 1. The third-order valence-corrected chi connectivity index (χ3v) is 3.94. The van der Waals surface area contributed by atoms with Gasteiger partial charge in [-0.15, -0.1) is 0 Å². The molecule has 0 heterocycles. The summed E-state index contributed by atoms with van der Waals surface area (Å²) in [6.45, 7) is 1.28. The van der Waals surface area contributed by atoms with E-state index in [0.29, 0.717) is 18.8 Å². The van der Waals surface area contributed by atoms with Crippen LogP contribution < -0.4 is 15.5 Å². The highest BCUT2D eigenvalue weighted by Crippen LogP contribution is 2.17. The predicted octanol–water partition coefficient (Wildman–Crippen LogP) is 1.89. The van der Waals surface area contributed by atoms with E-state index in [2.05, 4.69) is 10.6 Å². The van der Waals surface area contributed by atoms with E-state index in [1.54, 1.807) is 18.2 Å². The smallest absolute Gasteiger partial charge is 0.315 e. The lowest BCUT2D eigenvalue weighted by Gasteiger charge is -2.20. The normalized spacial score (nSPS) is 19.6. The molecule has 0 spiro atoms. The SMILES string of the molecule is CN(CCCNC(=O)N[C@@H]1C=C[C@H](CO)C1)c1ccccc1F. The lowest BCUT2D eigenvalue weighted by Crippen LogP contribution is -2.41. The maximum atomic E-state index is 13.6. The highest BCUT2D eigenvalue weighted by molar-refractivity contribution is 5.74. The molecule has 2 rings (SSSR count). The van der Waals surface area contributed by atoms with Gasteiger partial charge in [-0.2, -0.15) is 0 Å². The van der Waals surface area contributed by atoms with Crippen molar-refractivity contribution in [3.63, 3.8) is 0 Å². The number of benzene rings is 1. The van der Waals surface area contributed by atoms with Crippen molar-refractivity contribution in [1.29, 1.82) is 0 Å². The molecule has 0 aliphatic heterocycles. The van der Waals surface area contributed by atoms with Crippen molar-refractivity contribution in [1.82, 2.24) is 10.6 Å². The largest absolute Gasteiger partial charge is 0.396 e. The Labute approximate surface area is 136 Å². The first kappa shape index (κ1) is 17.3. The molecule has 0 saturated carbocycles. The monoisotopic (exact) mass is 321 g/mol. The molecule has 5 nitrogen and oxygen atoms in total. The third-order valence-electron chi connectivity index (χ3n) is 3.94. The fourth-order valence-electron chi connectivity index (χ4n) is 2.64. The lowest BCUT2D eigenvalue weighted by molar-refractivity contribution is 0.231. The predicted molar refractivity (Wildman–Crippen MR) is 88.9 cm³/mol. The molecule has 0 unspecified atom stereocenters. The Bertz CT molecular complexity index is 550. The standard InChI is InChI=1S/C17H24FN3O2/c1-21(16-6-3-2-5-15(16)18)10-4-9-19-17(23)20-14-8-7-13(11-14)12-22/h2-3,5-8,13-14,22H,4,9-12H2,1H3,(H2,19,20,23)/t13-,14+/m0/s1. The minimum absolute atomic E-state index is 0.0201. The molecule has 2 atom stereocenters. The molecule has 0 bridgehead atoms. The van der Waals surface area contributed by atoms with Crippen LogP contribution in [0.2, 0.25) is 0 Å². The van der Waals surface area contributed by atoms with Crippen LogP contribution in [0.3, 0.4) is 0 Å². The Morgan fingerprint density at radius 1 is 1.39 bits per heavy atom. The number of nitrogens with zero attached hydrogens (tertiary/aromatic N) is 1. The highest BCUT2D eigenvalue weighted by atomic mass is 19.1. The van der Waals surface area contributed by atoms with Crippen LogP contribution in [-0.2, 0) is 0 Å². The van der Waals surface area contributed by atoms with E-state index in [0.717, 1.165) is 12.8 Å². The minimum atomic E-state index is -0.243. The zero-order chi connectivity index (χ0) is 16.7. The van der Waals surface area contributed by atoms with Crippen LogP contribution in [-0.4, -0.2) is 43.9 Å². The Kier molecular flexibility index (Phi) is 6.40.